The fourth-order valence-corrected chi connectivity index (χ4v) is 4.57. The van der Waals surface area contributed by atoms with E-state index in [2.05, 4.69) is 4.74 Å². The van der Waals surface area contributed by atoms with E-state index in [1.54, 1.807) is 12.1 Å². The number of halogens is 4. The summed E-state index contributed by atoms with van der Waals surface area (Å²) < 4.78 is 52.3. The van der Waals surface area contributed by atoms with Gasteiger partial charge in [0.05, 0.1) is 0 Å². The third kappa shape index (κ3) is 3.09. The molecule has 2 bridgehead atoms. The molecule has 26 heavy (non-hydrogen) atoms. The summed E-state index contributed by atoms with van der Waals surface area (Å²) in [6, 6.07) is 5.71. The predicted molar refractivity (Wildman–Crippen MR) is 85.9 cm³/mol. The molecule has 3 heterocycles. The van der Waals surface area contributed by atoms with Crippen molar-refractivity contribution in [3.05, 3.63) is 24.3 Å². The SMILES string of the molecule is O=C(Cl)OC12CCC3(CCN(c4ccc(OC(F)(F)F)cc4)C3O1)CC2. The number of nitrogens with zero attached hydrogens (tertiary/aromatic N) is 1. The lowest BCUT2D eigenvalue weighted by molar-refractivity contribution is -0.309. The fourth-order valence-electron chi connectivity index (χ4n) is 4.43. The van der Waals surface area contributed by atoms with Gasteiger partial charge in [-0.05, 0) is 43.5 Å². The Hall–Kier alpha value is -1.67. The van der Waals surface area contributed by atoms with Gasteiger partial charge in [0.25, 0.3) is 0 Å². The van der Waals surface area contributed by atoms with Crippen molar-refractivity contribution in [1.82, 2.24) is 0 Å². The summed E-state index contributed by atoms with van der Waals surface area (Å²) in [4.78, 5) is 13.2. The third-order valence-electron chi connectivity index (χ3n) is 5.66. The molecule has 5 rings (SSSR count). The molecule has 0 amide bonds. The van der Waals surface area contributed by atoms with E-state index in [9.17, 15) is 18.0 Å². The van der Waals surface area contributed by atoms with Crippen molar-refractivity contribution in [2.75, 3.05) is 11.4 Å². The van der Waals surface area contributed by atoms with Gasteiger partial charge < -0.3 is 19.1 Å². The van der Waals surface area contributed by atoms with Crippen LogP contribution in [0.4, 0.5) is 23.7 Å². The quantitative estimate of drug-likeness (QED) is 0.694. The number of carbonyl (C=O) groups excluding carboxylic acids is 1. The molecule has 1 atom stereocenters. The topological polar surface area (TPSA) is 48.0 Å². The molecule has 0 aromatic heterocycles. The number of hydrogen-bond donors (Lipinski definition) is 0. The van der Waals surface area contributed by atoms with Crippen LogP contribution in [0.1, 0.15) is 32.1 Å². The van der Waals surface area contributed by atoms with Crippen LogP contribution in [0.5, 0.6) is 5.75 Å². The highest BCUT2D eigenvalue weighted by atomic mass is 35.5. The Morgan fingerprint density at radius 2 is 1.81 bits per heavy atom. The van der Waals surface area contributed by atoms with E-state index in [0.29, 0.717) is 12.8 Å². The molecule has 1 spiro atoms. The second-order valence-electron chi connectivity index (χ2n) is 7.07. The Bertz CT molecular complexity index is 701. The van der Waals surface area contributed by atoms with Crippen LogP contribution in [0.2, 0.25) is 0 Å². The molecule has 9 heteroatoms. The maximum absolute atomic E-state index is 12.3. The molecule has 5 nitrogen and oxygen atoms in total. The van der Waals surface area contributed by atoms with Crippen molar-refractivity contribution < 1.29 is 32.2 Å². The average Bonchev–Trinajstić information content (AvgIpc) is 2.92. The number of alkyl halides is 3. The van der Waals surface area contributed by atoms with Crippen LogP contribution < -0.4 is 9.64 Å². The van der Waals surface area contributed by atoms with Crippen molar-refractivity contribution in [2.24, 2.45) is 5.41 Å². The van der Waals surface area contributed by atoms with Crippen molar-refractivity contribution in [2.45, 2.75) is 50.5 Å². The molecule has 1 aliphatic carbocycles. The lowest BCUT2D eigenvalue weighted by Gasteiger charge is -2.54. The second-order valence-corrected chi connectivity index (χ2v) is 7.38. The summed E-state index contributed by atoms with van der Waals surface area (Å²) in [7, 11) is 0. The van der Waals surface area contributed by atoms with Gasteiger partial charge >= 0.3 is 11.8 Å². The number of hydrogen-bond acceptors (Lipinski definition) is 5. The first-order chi connectivity index (χ1) is 12.2. The lowest BCUT2D eigenvalue weighted by atomic mass is 9.67. The van der Waals surface area contributed by atoms with E-state index in [-0.39, 0.29) is 17.4 Å². The molecule has 3 aliphatic heterocycles. The predicted octanol–water partition coefficient (Wildman–Crippen LogP) is 4.78. The van der Waals surface area contributed by atoms with Gasteiger partial charge in [0, 0.05) is 42.1 Å². The van der Waals surface area contributed by atoms with Gasteiger partial charge in [-0.25, -0.2) is 4.79 Å². The summed E-state index contributed by atoms with van der Waals surface area (Å²) in [6.07, 6.45) is -1.18. The van der Waals surface area contributed by atoms with Crippen LogP contribution in [0.25, 0.3) is 0 Å². The van der Waals surface area contributed by atoms with Crippen molar-refractivity contribution in [3.8, 4) is 5.75 Å². The van der Waals surface area contributed by atoms with Crippen LogP contribution in [-0.4, -0.2) is 30.4 Å². The molecule has 1 unspecified atom stereocenters. The maximum atomic E-state index is 12.3. The van der Waals surface area contributed by atoms with E-state index in [1.807, 2.05) is 4.90 Å². The number of anilines is 1. The molecular weight excluding hydrogens is 375 g/mol. The monoisotopic (exact) mass is 391 g/mol. The Morgan fingerprint density at radius 1 is 1.15 bits per heavy atom. The van der Waals surface area contributed by atoms with E-state index in [0.717, 1.165) is 31.5 Å². The molecule has 1 aromatic rings. The Labute approximate surface area is 152 Å². The van der Waals surface area contributed by atoms with E-state index in [1.165, 1.54) is 12.1 Å². The number of rotatable bonds is 3. The molecule has 4 aliphatic rings. The van der Waals surface area contributed by atoms with Gasteiger partial charge in [-0.1, -0.05) is 0 Å². The normalized spacial score (nSPS) is 33.1. The summed E-state index contributed by atoms with van der Waals surface area (Å²) in [6.45, 7) is 0.717. The maximum Gasteiger partial charge on any atom is 0.573 e. The zero-order valence-electron chi connectivity index (χ0n) is 13.7. The minimum Gasteiger partial charge on any atom is -0.421 e. The standard InChI is InChI=1S/C17H17ClF3NO4/c18-14(23)26-16-7-5-15(6-8-16)9-10-22(13(15)25-16)11-1-3-12(4-2-11)24-17(19,20)21/h1-4,13H,5-10H2. The minimum absolute atomic E-state index is 0.0262. The first-order valence-electron chi connectivity index (χ1n) is 8.39. The Morgan fingerprint density at radius 3 is 2.38 bits per heavy atom. The second kappa shape index (κ2) is 5.92. The van der Waals surface area contributed by atoms with Crippen molar-refractivity contribution in [1.29, 1.82) is 0 Å². The zero-order chi connectivity index (χ0) is 18.6. The molecule has 142 valence electrons. The summed E-state index contributed by atoms with van der Waals surface area (Å²) in [5.41, 5.74) is -0.180. The van der Waals surface area contributed by atoms with Gasteiger partial charge in [0.1, 0.15) is 12.0 Å². The number of carbonyl (C=O) groups is 1. The highest BCUT2D eigenvalue weighted by Crippen LogP contribution is 2.59. The van der Waals surface area contributed by atoms with Crippen LogP contribution in [0.15, 0.2) is 24.3 Å². The molecule has 0 radical (unpaired) electrons. The minimum atomic E-state index is -4.72. The van der Waals surface area contributed by atoms with Gasteiger partial charge in [0.2, 0.25) is 5.79 Å². The smallest absolute Gasteiger partial charge is 0.421 e. The van der Waals surface area contributed by atoms with E-state index in [4.69, 9.17) is 21.1 Å². The van der Waals surface area contributed by atoms with Crippen LogP contribution in [0, 0.1) is 5.41 Å². The lowest BCUT2D eigenvalue weighted by Crippen LogP contribution is -2.59. The van der Waals surface area contributed by atoms with Crippen LogP contribution >= 0.6 is 11.6 Å². The Balaban J connectivity index is 1.54. The largest absolute Gasteiger partial charge is 0.573 e. The van der Waals surface area contributed by atoms with E-state index < -0.39 is 17.6 Å². The molecule has 1 saturated carbocycles. The van der Waals surface area contributed by atoms with Crippen LogP contribution in [0.3, 0.4) is 0 Å². The summed E-state index contributed by atoms with van der Waals surface area (Å²) in [5, 5.41) is 0. The molecular formula is C17H17ClF3NO4. The van der Waals surface area contributed by atoms with Gasteiger partial charge in [0.15, 0.2) is 0 Å². The van der Waals surface area contributed by atoms with Crippen molar-refractivity contribution in [3.63, 3.8) is 0 Å². The fraction of sp³-hybridized carbons (Fsp3) is 0.588. The summed E-state index contributed by atoms with van der Waals surface area (Å²) >= 11 is 5.40. The highest BCUT2D eigenvalue weighted by Gasteiger charge is 2.61. The number of benzene rings is 1. The molecule has 0 N–H and O–H groups in total. The van der Waals surface area contributed by atoms with Crippen LogP contribution in [-0.2, 0) is 9.47 Å². The van der Waals surface area contributed by atoms with Gasteiger partial charge in [-0.3, -0.25) is 0 Å². The molecule has 3 saturated heterocycles. The molecule has 4 fully saturated rings. The third-order valence-corrected chi connectivity index (χ3v) is 5.74. The zero-order valence-corrected chi connectivity index (χ0v) is 14.5. The van der Waals surface area contributed by atoms with Gasteiger partial charge in [-0.15, -0.1) is 13.2 Å². The average molecular weight is 392 g/mol. The van der Waals surface area contributed by atoms with E-state index >= 15 is 0 Å². The number of ether oxygens (including phenoxy) is 3. The van der Waals surface area contributed by atoms with Crippen molar-refractivity contribution >= 4 is 22.7 Å². The summed E-state index contributed by atoms with van der Waals surface area (Å²) in [5.74, 6) is -1.28. The highest BCUT2D eigenvalue weighted by molar-refractivity contribution is 6.61. The first kappa shape index (κ1) is 17.7. The Kier molecular flexibility index (Phi) is 4.04. The molecule has 1 aromatic carbocycles. The number of fused-ring (bicyclic) bond motifs is 2. The first-order valence-corrected chi connectivity index (χ1v) is 8.77. The van der Waals surface area contributed by atoms with Gasteiger partial charge in [-0.2, -0.15) is 0 Å².